The Balaban J connectivity index is 2.89. The van der Waals surface area contributed by atoms with Crippen LogP contribution in [0.4, 0.5) is 0 Å². The smallest absolute Gasteiger partial charge is 0.215 e. The van der Waals surface area contributed by atoms with E-state index in [4.69, 9.17) is 10.5 Å². The van der Waals surface area contributed by atoms with Crippen LogP contribution in [0.2, 0.25) is 0 Å². The summed E-state index contributed by atoms with van der Waals surface area (Å²) in [7, 11) is 1.62. The number of nitrogens with two attached hydrogens (primary N) is 1. The van der Waals surface area contributed by atoms with E-state index in [0.29, 0.717) is 12.4 Å². The molecule has 0 atom stereocenters. The Kier molecular flexibility index (Phi) is 3.46. The molecule has 0 amide bonds. The van der Waals surface area contributed by atoms with Crippen LogP contribution in [0.3, 0.4) is 0 Å². The van der Waals surface area contributed by atoms with Crippen LogP contribution in [0.25, 0.3) is 6.08 Å². The van der Waals surface area contributed by atoms with E-state index in [9.17, 15) is 0 Å². The van der Waals surface area contributed by atoms with Crippen LogP contribution < -0.4 is 10.5 Å². The molecule has 0 radical (unpaired) electrons. The van der Waals surface area contributed by atoms with E-state index in [-0.39, 0.29) is 0 Å². The summed E-state index contributed by atoms with van der Waals surface area (Å²) in [6.45, 7) is 2.51. The quantitative estimate of drug-likeness (QED) is 0.760. The van der Waals surface area contributed by atoms with Crippen molar-refractivity contribution in [3.63, 3.8) is 0 Å². The number of hydrogen-bond acceptors (Lipinski definition) is 3. The van der Waals surface area contributed by atoms with Gasteiger partial charge in [0.25, 0.3) is 0 Å². The molecule has 0 aliphatic heterocycles. The SMILES string of the molecule is COc1ncc(/C=C/CN)cc1C. The van der Waals surface area contributed by atoms with E-state index in [1.54, 1.807) is 13.3 Å². The van der Waals surface area contributed by atoms with Gasteiger partial charge in [-0.3, -0.25) is 0 Å². The molecule has 0 aliphatic rings. The summed E-state index contributed by atoms with van der Waals surface area (Å²) >= 11 is 0. The molecule has 0 aromatic carbocycles. The molecule has 3 nitrogen and oxygen atoms in total. The summed E-state index contributed by atoms with van der Waals surface area (Å²) in [5.74, 6) is 0.671. The second-order valence-corrected chi connectivity index (χ2v) is 2.73. The van der Waals surface area contributed by atoms with Crippen LogP contribution in [0.5, 0.6) is 5.88 Å². The number of aromatic nitrogens is 1. The maximum Gasteiger partial charge on any atom is 0.215 e. The third-order valence-corrected chi connectivity index (χ3v) is 1.69. The number of aryl methyl sites for hydroxylation is 1. The molecule has 1 heterocycles. The summed E-state index contributed by atoms with van der Waals surface area (Å²) in [4.78, 5) is 4.14. The van der Waals surface area contributed by atoms with Crippen molar-refractivity contribution >= 4 is 6.08 Å². The van der Waals surface area contributed by atoms with Crippen LogP contribution >= 0.6 is 0 Å². The third-order valence-electron chi connectivity index (χ3n) is 1.69. The number of hydrogen-bond donors (Lipinski definition) is 1. The van der Waals surface area contributed by atoms with E-state index in [0.717, 1.165) is 11.1 Å². The largest absolute Gasteiger partial charge is 0.481 e. The molecule has 0 unspecified atom stereocenters. The summed E-state index contributed by atoms with van der Waals surface area (Å²) in [6.07, 6.45) is 5.60. The molecule has 1 rings (SSSR count). The minimum atomic E-state index is 0.547. The fourth-order valence-electron chi connectivity index (χ4n) is 1.09. The van der Waals surface area contributed by atoms with Gasteiger partial charge < -0.3 is 10.5 Å². The molecule has 0 saturated heterocycles. The average molecular weight is 178 g/mol. The van der Waals surface area contributed by atoms with Gasteiger partial charge in [0.1, 0.15) is 0 Å². The van der Waals surface area contributed by atoms with Crippen molar-refractivity contribution in [1.82, 2.24) is 4.98 Å². The van der Waals surface area contributed by atoms with Gasteiger partial charge in [0.05, 0.1) is 7.11 Å². The Morgan fingerprint density at radius 1 is 1.62 bits per heavy atom. The van der Waals surface area contributed by atoms with E-state index >= 15 is 0 Å². The molecular formula is C10H14N2O. The van der Waals surface area contributed by atoms with Crippen LogP contribution in [-0.2, 0) is 0 Å². The summed E-state index contributed by atoms with van der Waals surface area (Å²) in [6, 6.07) is 2.01. The second-order valence-electron chi connectivity index (χ2n) is 2.73. The van der Waals surface area contributed by atoms with Gasteiger partial charge in [0.15, 0.2) is 0 Å². The average Bonchev–Trinajstić information content (AvgIpc) is 2.15. The minimum absolute atomic E-state index is 0.547. The highest BCUT2D eigenvalue weighted by molar-refractivity contribution is 5.50. The van der Waals surface area contributed by atoms with Gasteiger partial charge in [-0.05, 0) is 18.6 Å². The molecular weight excluding hydrogens is 164 g/mol. The van der Waals surface area contributed by atoms with Crippen LogP contribution in [0.15, 0.2) is 18.3 Å². The molecule has 1 aromatic heterocycles. The summed E-state index contributed by atoms with van der Waals surface area (Å²) in [5.41, 5.74) is 7.41. The zero-order chi connectivity index (χ0) is 9.68. The Bertz CT molecular complexity index is 308. The van der Waals surface area contributed by atoms with E-state index in [1.165, 1.54) is 0 Å². The maximum atomic E-state index is 5.34. The highest BCUT2D eigenvalue weighted by Gasteiger charge is 1.98. The van der Waals surface area contributed by atoms with Crippen molar-refractivity contribution < 1.29 is 4.74 Å². The second kappa shape index (κ2) is 4.62. The van der Waals surface area contributed by atoms with Crippen molar-refractivity contribution in [3.8, 4) is 5.88 Å². The first-order valence-corrected chi connectivity index (χ1v) is 4.15. The normalized spacial score (nSPS) is 10.7. The first kappa shape index (κ1) is 9.74. The molecule has 2 N–H and O–H groups in total. The van der Waals surface area contributed by atoms with Crippen LogP contribution in [0.1, 0.15) is 11.1 Å². The standard InChI is InChI=1S/C10H14N2O/c1-8-6-9(4-3-5-11)7-12-10(8)13-2/h3-4,6-7H,5,11H2,1-2H3/b4-3+. The Morgan fingerprint density at radius 2 is 2.38 bits per heavy atom. The molecule has 1 aromatic rings. The fourth-order valence-corrected chi connectivity index (χ4v) is 1.09. The molecule has 0 saturated carbocycles. The van der Waals surface area contributed by atoms with Gasteiger partial charge in [-0.15, -0.1) is 0 Å². The lowest BCUT2D eigenvalue weighted by atomic mass is 10.2. The van der Waals surface area contributed by atoms with E-state index in [1.807, 2.05) is 25.1 Å². The Hall–Kier alpha value is -1.35. The first-order valence-electron chi connectivity index (χ1n) is 4.15. The van der Waals surface area contributed by atoms with Crippen molar-refractivity contribution in [1.29, 1.82) is 0 Å². The van der Waals surface area contributed by atoms with Crippen molar-refractivity contribution in [3.05, 3.63) is 29.5 Å². The number of pyridine rings is 1. The molecule has 0 spiro atoms. The lowest BCUT2D eigenvalue weighted by molar-refractivity contribution is 0.394. The van der Waals surface area contributed by atoms with Gasteiger partial charge >= 0.3 is 0 Å². The van der Waals surface area contributed by atoms with Crippen LogP contribution in [-0.4, -0.2) is 18.6 Å². The van der Waals surface area contributed by atoms with Crippen molar-refractivity contribution in [2.24, 2.45) is 5.73 Å². The summed E-state index contributed by atoms with van der Waals surface area (Å²) < 4.78 is 5.04. The third kappa shape index (κ3) is 2.56. The molecule has 0 fully saturated rings. The zero-order valence-corrected chi connectivity index (χ0v) is 7.95. The highest BCUT2D eigenvalue weighted by Crippen LogP contribution is 2.15. The lowest BCUT2D eigenvalue weighted by Gasteiger charge is -2.02. The van der Waals surface area contributed by atoms with Crippen LogP contribution in [0, 0.1) is 6.92 Å². The minimum Gasteiger partial charge on any atom is -0.481 e. The van der Waals surface area contributed by atoms with Gasteiger partial charge in [0.2, 0.25) is 5.88 Å². The van der Waals surface area contributed by atoms with Gasteiger partial charge in [0, 0.05) is 18.3 Å². The van der Waals surface area contributed by atoms with Crippen molar-refractivity contribution in [2.75, 3.05) is 13.7 Å². The van der Waals surface area contributed by atoms with E-state index in [2.05, 4.69) is 4.98 Å². The molecule has 0 aliphatic carbocycles. The Morgan fingerprint density at radius 3 is 2.92 bits per heavy atom. The summed E-state index contributed by atoms with van der Waals surface area (Å²) in [5, 5.41) is 0. The molecule has 3 heteroatoms. The maximum absolute atomic E-state index is 5.34. The first-order chi connectivity index (χ1) is 6.27. The topological polar surface area (TPSA) is 48.1 Å². The molecule has 0 bridgehead atoms. The number of nitrogens with zero attached hydrogens (tertiary/aromatic N) is 1. The lowest BCUT2D eigenvalue weighted by Crippen LogP contribution is -1.93. The molecule has 13 heavy (non-hydrogen) atoms. The number of rotatable bonds is 3. The van der Waals surface area contributed by atoms with Gasteiger partial charge in [-0.25, -0.2) is 4.98 Å². The predicted molar refractivity (Wildman–Crippen MR) is 53.6 cm³/mol. The highest BCUT2D eigenvalue weighted by atomic mass is 16.5. The monoisotopic (exact) mass is 178 g/mol. The number of ether oxygens (including phenoxy) is 1. The van der Waals surface area contributed by atoms with Crippen molar-refractivity contribution in [2.45, 2.75) is 6.92 Å². The molecule has 70 valence electrons. The Labute approximate surface area is 78.2 Å². The zero-order valence-electron chi connectivity index (χ0n) is 7.95. The number of methoxy groups -OCH3 is 1. The van der Waals surface area contributed by atoms with Gasteiger partial charge in [-0.2, -0.15) is 0 Å². The fraction of sp³-hybridized carbons (Fsp3) is 0.300. The van der Waals surface area contributed by atoms with E-state index < -0.39 is 0 Å². The van der Waals surface area contributed by atoms with Gasteiger partial charge in [-0.1, -0.05) is 12.2 Å². The predicted octanol–water partition coefficient (Wildman–Crippen LogP) is 1.37.